The third-order valence-electron chi connectivity index (χ3n) is 5.41. The topological polar surface area (TPSA) is 64.1 Å². The molecule has 1 N–H and O–H groups in total. The number of rotatable bonds is 9. The van der Waals surface area contributed by atoms with E-state index in [-0.39, 0.29) is 18.5 Å². The molecule has 1 aromatic carbocycles. The van der Waals surface area contributed by atoms with Crippen molar-refractivity contribution < 1.29 is 14.7 Å². The molecule has 1 aliphatic rings. The van der Waals surface area contributed by atoms with Gasteiger partial charge in [-0.1, -0.05) is 20.3 Å². The van der Waals surface area contributed by atoms with E-state index in [0.717, 1.165) is 43.6 Å². The summed E-state index contributed by atoms with van der Waals surface area (Å²) >= 11 is 0. The van der Waals surface area contributed by atoms with Crippen molar-refractivity contribution in [1.82, 2.24) is 9.80 Å². The lowest BCUT2D eigenvalue weighted by molar-refractivity contribution is -0.139. The van der Waals surface area contributed by atoms with Crippen LogP contribution in [0.3, 0.4) is 0 Å². The van der Waals surface area contributed by atoms with Gasteiger partial charge in [0, 0.05) is 44.0 Å². The highest BCUT2D eigenvalue weighted by atomic mass is 16.4. The van der Waals surface area contributed by atoms with Crippen molar-refractivity contribution in [3.63, 3.8) is 0 Å². The van der Waals surface area contributed by atoms with Crippen molar-refractivity contribution in [3.8, 4) is 0 Å². The first-order valence-corrected chi connectivity index (χ1v) is 10.0. The Morgan fingerprint density at radius 2 is 1.78 bits per heavy atom. The summed E-state index contributed by atoms with van der Waals surface area (Å²) in [5.74, 6) is -0.725. The number of piperidine rings is 1. The number of amides is 1. The maximum atomic E-state index is 12.8. The molecule has 27 heavy (non-hydrogen) atoms. The SMILES string of the molecule is CCCCN(C)c1ccc(C(=O)N2CCC(N(CC)CC(=O)O)CC2)cc1. The maximum Gasteiger partial charge on any atom is 0.317 e. The molecule has 2 rings (SSSR count). The van der Waals surface area contributed by atoms with E-state index >= 15 is 0 Å². The minimum atomic E-state index is -0.792. The molecular weight excluding hydrogens is 342 g/mol. The van der Waals surface area contributed by atoms with E-state index in [9.17, 15) is 9.59 Å². The molecule has 0 bridgehead atoms. The van der Waals surface area contributed by atoms with Gasteiger partial charge in [-0.25, -0.2) is 0 Å². The summed E-state index contributed by atoms with van der Waals surface area (Å²) in [5, 5.41) is 9.03. The zero-order valence-corrected chi connectivity index (χ0v) is 16.9. The van der Waals surface area contributed by atoms with Crippen LogP contribution >= 0.6 is 0 Å². The van der Waals surface area contributed by atoms with Crippen molar-refractivity contribution in [2.45, 2.75) is 45.6 Å². The molecular formula is C21H33N3O3. The molecule has 0 radical (unpaired) electrons. The van der Waals surface area contributed by atoms with Gasteiger partial charge in [0.2, 0.25) is 0 Å². The van der Waals surface area contributed by atoms with Gasteiger partial charge in [0.05, 0.1) is 6.54 Å². The van der Waals surface area contributed by atoms with Crippen LogP contribution in [0, 0.1) is 0 Å². The van der Waals surface area contributed by atoms with Gasteiger partial charge in [0.25, 0.3) is 5.91 Å². The second-order valence-corrected chi connectivity index (χ2v) is 7.30. The Balaban J connectivity index is 1.90. The summed E-state index contributed by atoms with van der Waals surface area (Å²) in [6, 6.07) is 8.09. The average molecular weight is 376 g/mol. The number of carboxylic acids is 1. The number of nitrogens with zero attached hydrogens (tertiary/aromatic N) is 3. The molecule has 0 spiro atoms. The number of carboxylic acid groups (broad SMARTS) is 1. The number of hydrogen-bond acceptors (Lipinski definition) is 4. The Bertz CT molecular complexity index is 610. The third kappa shape index (κ3) is 5.96. The van der Waals surface area contributed by atoms with Crippen LogP contribution in [-0.4, -0.2) is 72.6 Å². The number of carbonyl (C=O) groups is 2. The van der Waals surface area contributed by atoms with Gasteiger partial charge in [-0.05, 0) is 50.1 Å². The predicted octanol–water partition coefficient (Wildman–Crippen LogP) is 2.93. The van der Waals surface area contributed by atoms with E-state index in [1.54, 1.807) is 0 Å². The highest BCUT2D eigenvalue weighted by Gasteiger charge is 2.27. The van der Waals surface area contributed by atoms with Gasteiger partial charge in [0.15, 0.2) is 0 Å². The van der Waals surface area contributed by atoms with Crippen molar-refractivity contribution in [1.29, 1.82) is 0 Å². The number of likely N-dealkylation sites (N-methyl/N-ethyl adjacent to an activating group) is 1. The minimum Gasteiger partial charge on any atom is -0.480 e. The molecule has 1 amide bonds. The van der Waals surface area contributed by atoms with E-state index in [1.807, 2.05) is 41.0 Å². The summed E-state index contributed by atoms with van der Waals surface area (Å²) in [6.07, 6.45) is 3.97. The van der Waals surface area contributed by atoms with E-state index in [1.165, 1.54) is 6.42 Å². The smallest absolute Gasteiger partial charge is 0.317 e. The fraction of sp³-hybridized carbons (Fsp3) is 0.619. The number of benzene rings is 1. The van der Waals surface area contributed by atoms with Crippen LogP contribution in [0.1, 0.15) is 49.9 Å². The molecule has 1 aromatic rings. The monoisotopic (exact) mass is 375 g/mol. The van der Waals surface area contributed by atoms with Crippen molar-refractivity contribution in [3.05, 3.63) is 29.8 Å². The van der Waals surface area contributed by atoms with E-state index in [0.29, 0.717) is 13.1 Å². The number of aliphatic carboxylic acids is 1. The van der Waals surface area contributed by atoms with Gasteiger partial charge in [-0.15, -0.1) is 0 Å². The Labute approximate surface area is 162 Å². The molecule has 6 heteroatoms. The lowest BCUT2D eigenvalue weighted by atomic mass is 10.0. The zero-order valence-electron chi connectivity index (χ0n) is 16.9. The minimum absolute atomic E-state index is 0.0671. The molecule has 0 atom stereocenters. The second-order valence-electron chi connectivity index (χ2n) is 7.30. The molecule has 150 valence electrons. The number of likely N-dealkylation sites (tertiary alicyclic amines) is 1. The van der Waals surface area contributed by atoms with Crippen LogP contribution in [0.4, 0.5) is 5.69 Å². The molecule has 0 saturated carbocycles. The van der Waals surface area contributed by atoms with Crippen molar-refractivity contribution in [2.24, 2.45) is 0 Å². The summed E-state index contributed by atoms with van der Waals surface area (Å²) in [4.78, 5) is 29.9. The van der Waals surface area contributed by atoms with Crippen LogP contribution < -0.4 is 4.90 Å². The number of anilines is 1. The van der Waals surface area contributed by atoms with E-state index < -0.39 is 5.97 Å². The second kappa shape index (κ2) is 10.3. The summed E-state index contributed by atoms with van der Waals surface area (Å²) < 4.78 is 0. The first kappa shape index (κ1) is 21.2. The quantitative estimate of drug-likeness (QED) is 0.719. The molecule has 1 fully saturated rings. The normalized spacial score (nSPS) is 15.2. The predicted molar refractivity (Wildman–Crippen MR) is 108 cm³/mol. The van der Waals surface area contributed by atoms with Crippen LogP contribution in [0.5, 0.6) is 0 Å². The fourth-order valence-corrected chi connectivity index (χ4v) is 3.67. The largest absolute Gasteiger partial charge is 0.480 e. The summed E-state index contributed by atoms with van der Waals surface area (Å²) in [5.41, 5.74) is 1.85. The van der Waals surface area contributed by atoms with Gasteiger partial charge in [0.1, 0.15) is 0 Å². The van der Waals surface area contributed by atoms with Crippen molar-refractivity contribution >= 4 is 17.6 Å². The van der Waals surface area contributed by atoms with Crippen LogP contribution in [0.25, 0.3) is 0 Å². The maximum absolute atomic E-state index is 12.8. The summed E-state index contributed by atoms with van der Waals surface area (Å²) in [7, 11) is 2.08. The van der Waals surface area contributed by atoms with Gasteiger partial charge < -0.3 is 14.9 Å². The highest BCUT2D eigenvalue weighted by Crippen LogP contribution is 2.20. The Morgan fingerprint density at radius 1 is 1.15 bits per heavy atom. The number of hydrogen-bond donors (Lipinski definition) is 1. The lowest BCUT2D eigenvalue weighted by Gasteiger charge is -2.37. The molecule has 0 unspecified atom stereocenters. The Hall–Kier alpha value is -2.08. The molecule has 0 aromatic heterocycles. The van der Waals surface area contributed by atoms with Crippen LogP contribution in [0.2, 0.25) is 0 Å². The molecule has 1 heterocycles. The van der Waals surface area contributed by atoms with Crippen LogP contribution in [0.15, 0.2) is 24.3 Å². The van der Waals surface area contributed by atoms with Gasteiger partial charge in [-0.2, -0.15) is 0 Å². The van der Waals surface area contributed by atoms with Gasteiger partial charge >= 0.3 is 5.97 Å². The summed E-state index contributed by atoms with van der Waals surface area (Å²) in [6.45, 7) is 7.33. The van der Waals surface area contributed by atoms with Gasteiger partial charge in [-0.3, -0.25) is 14.5 Å². The zero-order chi connectivity index (χ0) is 19.8. The average Bonchev–Trinajstić information content (AvgIpc) is 2.69. The number of unbranched alkanes of at least 4 members (excludes halogenated alkanes) is 1. The van der Waals surface area contributed by atoms with Crippen molar-refractivity contribution in [2.75, 3.05) is 44.7 Å². The van der Waals surface area contributed by atoms with Crippen LogP contribution in [-0.2, 0) is 4.79 Å². The van der Waals surface area contributed by atoms with E-state index in [4.69, 9.17) is 5.11 Å². The first-order chi connectivity index (χ1) is 13.0. The highest BCUT2D eigenvalue weighted by molar-refractivity contribution is 5.94. The molecule has 1 aliphatic heterocycles. The third-order valence-corrected chi connectivity index (χ3v) is 5.41. The standard InChI is InChI=1S/C21H33N3O3/c1-4-6-13-22(3)18-9-7-17(8-10-18)21(27)24-14-11-19(12-15-24)23(5-2)16-20(25)26/h7-10,19H,4-6,11-16H2,1-3H3,(H,25,26). The molecule has 1 saturated heterocycles. The Kier molecular flexibility index (Phi) is 8.10. The lowest BCUT2D eigenvalue weighted by Crippen LogP contribution is -2.48. The Morgan fingerprint density at radius 3 is 2.30 bits per heavy atom. The van der Waals surface area contributed by atoms with E-state index in [2.05, 4.69) is 18.9 Å². The molecule has 6 nitrogen and oxygen atoms in total. The molecule has 0 aliphatic carbocycles. The fourth-order valence-electron chi connectivity index (χ4n) is 3.67. The first-order valence-electron chi connectivity index (χ1n) is 10.0. The number of carbonyl (C=O) groups excluding carboxylic acids is 1.